The molecule has 0 amide bonds. The maximum atomic E-state index is 5.84. The van der Waals surface area contributed by atoms with Gasteiger partial charge in [0, 0.05) is 6.61 Å². The predicted molar refractivity (Wildman–Crippen MR) is 51.4 cm³/mol. The molecular weight excluding hydrogens is 182 g/mol. The second-order valence-corrected chi connectivity index (χ2v) is 3.46. The lowest BCUT2D eigenvalue weighted by Gasteiger charge is -2.09. The fourth-order valence-corrected chi connectivity index (χ4v) is 0.940. The first-order valence-corrected chi connectivity index (χ1v) is 4.81. The van der Waals surface area contributed by atoms with Crippen LogP contribution in [-0.2, 0) is 11.3 Å². The van der Waals surface area contributed by atoms with E-state index in [1.54, 1.807) is 0 Å². The predicted octanol–water partition coefficient (Wildman–Crippen LogP) is 1.26. The van der Waals surface area contributed by atoms with Gasteiger partial charge in [-0.1, -0.05) is 19.0 Å². The zero-order valence-electron chi connectivity index (χ0n) is 8.86. The van der Waals surface area contributed by atoms with Crippen molar-refractivity contribution < 1.29 is 9.26 Å². The number of aromatic nitrogens is 2. The molecule has 1 rings (SSSR count). The first-order chi connectivity index (χ1) is 6.65. The van der Waals surface area contributed by atoms with Crippen molar-refractivity contribution in [1.29, 1.82) is 0 Å². The summed E-state index contributed by atoms with van der Waals surface area (Å²) >= 11 is 0. The third kappa shape index (κ3) is 2.78. The molecule has 0 spiro atoms. The molecule has 5 heteroatoms. The molecule has 5 nitrogen and oxygen atoms in total. The van der Waals surface area contributed by atoms with Crippen LogP contribution in [0.4, 0.5) is 0 Å². The second kappa shape index (κ2) is 5.07. The van der Waals surface area contributed by atoms with Gasteiger partial charge in [-0.15, -0.1) is 0 Å². The van der Waals surface area contributed by atoms with Crippen LogP contribution in [0.3, 0.4) is 0 Å². The maximum Gasteiger partial charge on any atom is 0.243 e. The van der Waals surface area contributed by atoms with Crippen LogP contribution in [-0.4, -0.2) is 16.7 Å². The van der Waals surface area contributed by atoms with Gasteiger partial charge in [0.25, 0.3) is 0 Å². The highest BCUT2D eigenvalue weighted by molar-refractivity contribution is 4.91. The summed E-state index contributed by atoms with van der Waals surface area (Å²) in [5, 5.41) is 3.77. The van der Waals surface area contributed by atoms with Gasteiger partial charge in [0.2, 0.25) is 5.89 Å². The molecule has 0 saturated carbocycles. The molecular formula is C9H17N3O2. The molecule has 0 fully saturated rings. The third-order valence-electron chi connectivity index (χ3n) is 1.92. The highest BCUT2D eigenvalue weighted by atomic mass is 16.5. The average Bonchev–Trinajstić information content (AvgIpc) is 2.61. The van der Waals surface area contributed by atoms with Crippen molar-refractivity contribution in [3.63, 3.8) is 0 Å². The monoisotopic (exact) mass is 199 g/mol. The zero-order chi connectivity index (χ0) is 10.6. The Kier molecular flexibility index (Phi) is 4.03. The summed E-state index contributed by atoms with van der Waals surface area (Å²) in [4.78, 5) is 4.14. The molecule has 0 aliphatic heterocycles. The first kappa shape index (κ1) is 11.1. The minimum Gasteiger partial charge on any atom is -0.374 e. The van der Waals surface area contributed by atoms with Gasteiger partial charge in [-0.05, 0) is 12.8 Å². The van der Waals surface area contributed by atoms with Crippen LogP contribution in [0.25, 0.3) is 0 Å². The van der Waals surface area contributed by atoms with Crippen LogP contribution < -0.4 is 5.73 Å². The standard InChI is InChI=1S/C9H17N3O2/c1-4-13-5-7-11-9(14-12-7)8(10)6(2)3/h6,8H,4-5,10H2,1-3H3/t8-/m0/s1. The number of nitrogens with two attached hydrogens (primary N) is 1. The summed E-state index contributed by atoms with van der Waals surface area (Å²) in [6.45, 7) is 6.96. The molecule has 1 aromatic rings. The van der Waals surface area contributed by atoms with Crippen LogP contribution in [0.2, 0.25) is 0 Å². The lowest BCUT2D eigenvalue weighted by molar-refractivity contribution is 0.126. The molecule has 0 saturated heterocycles. The maximum absolute atomic E-state index is 5.84. The number of ether oxygens (including phenoxy) is 1. The van der Waals surface area contributed by atoms with E-state index in [0.717, 1.165) is 0 Å². The van der Waals surface area contributed by atoms with Crippen LogP contribution in [0.5, 0.6) is 0 Å². The largest absolute Gasteiger partial charge is 0.374 e. The molecule has 0 radical (unpaired) electrons. The molecule has 1 heterocycles. The molecule has 0 unspecified atom stereocenters. The lowest BCUT2D eigenvalue weighted by Crippen LogP contribution is -2.17. The van der Waals surface area contributed by atoms with Crippen molar-refractivity contribution in [1.82, 2.24) is 10.1 Å². The Balaban J connectivity index is 2.58. The van der Waals surface area contributed by atoms with Gasteiger partial charge in [0.15, 0.2) is 5.82 Å². The van der Waals surface area contributed by atoms with E-state index in [-0.39, 0.29) is 12.0 Å². The van der Waals surface area contributed by atoms with E-state index in [4.69, 9.17) is 15.0 Å². The minimum absolute atomic E-state index is 0.196. The van der Waals surface area contributed by atoms with E-state index >= 15 is 0 Å². The number of nitrogens with zero attached hydrogens (tertiary/aromatic N) is 2. The van der Waals surface area contributed by atoms with Crippen LogP contribution in [0, 0.1) is 5.92 Å². The fourth-order valence-electron chi connectivity index (χ4n) is 0.940. The van der Waals surface area contributed by atoms with E-state index in [1.807, 2.05) is 20.8 Å². The Hall–Kier alpha value is -0.940. The highest BCUT2D eigenvalue weighted by Gasteiger charge is 2.17. The van der Waals surface area contributed by atoms with Crippen LogP contribution >= 0.6 is 0 Å². The molecule has 0 aliphatic carbocycles. The molecule has 2 N–H and O–H groups in total. The quantitative estimate of drug-likeness (QED) is 0.772. The van der Waals surface area contributed by atoms with E-state index in [0.29, 0.717) is 24.9 Å². The third-order valence-corrected chi connectivity index (χ3v) is 1.92. The summed E-state index contributed by atoms with van der Waals surface area (Å²) in [6.07, 6.45) is 0. The van der Waals surface area contributed by atoms with Gasteiger partial charge in [-0.25, -0.2) is 0 Å². The molecule has 1 aromatic heterocycles. The summed E-state index contributed by atoms with van der Waals surface area (Å²) in [5.41, 5.74) is 5.84. The second-order valence-electron chi connectivity index (χ2n) is 3.46. The summed E-state index contributed by atoms with van der Waals surface area (Å²) in [7, 11) is 0. The van der Waals surface area contributed by atoms with Crippen molar-refractivity contribution in [2.75, 3.05) is 6.61 Å². The van der Waals surface area contributed by atoms with E-state index in [1.165, 1.54) is 0 Å². The fraction of sp³-hybridized carbons (Fsp3) is 0.778. The SMILES string of the molecule is CCOCc1noc([C@@H](N)C(C)C)n1. The van der Waals surface area contributed by atoms with E-state index < -0.39 is 0 Å². The molecule has 0 aromatic carbocycles. The van der Waals surface area contributed by atoms with Gasteiger partial charge in [0.05, 0.1) is 6.04 Å². The van der Waals surface area contributed by atoms with Crippen LogP contribution in [0.1, 0.15) is 38.5 Å². The Morgan fingerprint density at radius 2 is 2.21 bits per heavy atom. The van der Waals surface area contributed by atoms with Crippen molar-refractivity contribution >= 4 is 0 Å². The van der Waals surface area contributed by atoms with Crippen molar-refractivity contribution in [2.45, 2.75) is 33.4 Å². The average molecular weight is 199 g/mol. The Labute approximate surface area is 83.6 Å². The Morgan fingerprint density at radius 1 is 1.50 bits per heavy atom. The van der Waals surface area contributed by atoms with Gasteiger partial charge in [-0.3, -0.25) is 0 Å². The Morgan fingerprint density at radius 3 is 2.79 bits per heavy atom. The smallest absolute Gasteiger partial charge is 0.243 e. The molecule has 0 aliphatic rings. The number of hydrogen-bond donors (Lipinski definition) is 1. The lowest BCUT2D eigenvalue weighted by atomic mass is 10.1. The van der Waals surface area contributed by atoms with Crippen molar-refractivity contribution in [3.05, 3.63) is 11.7 Å². The minimum atomic E-state index is -0.196. The Bertz CT molecular complexity index is 273. The first-order valence-electron chi connectivity index (χ1n) is 4.81. The zero-order valence-corrected chi connectivity index (χ0v) is 8.86. The van der Waals surface area contributed by atoms with Gasteiger partial charge in [0.1, 0.15) is 6.61 Å². The topological polar surface area (TPSA) is 74.2 Å². The molecule has 0 bridgehead atoms. The van der Waals surface area contributed by atoms with Gasteiger partial charge < -0.3 is 15.0 Å². The van der Waals surface area contributed by atoms with Crippen molar-refractivity contribution in [3.8, 4) is 0 Å². The molecule has 14 heavy (non-hydrogen) atoms. The summed E-state index contributed by atoms with van der Waals surface area (Å²) in [6, 6.07) is -0.196. The van der Waals surface area contributed by atoms with Gasteiger partial charge in [-0.2, -0.15) is 4.98 Å². The highest BCUT2D eigenvalue weighted by Crippen LogP contribution is 2.16. The normalized spacial score (nSPS) is 13.5. The van der Waals surface area contributed by atoms with Crippen molar-refractivity contribution in [2.24, 2.45) is 11.7 Å². The molecule has 1 atom stereocenters. The van der Waals surface area contributed by atoms with E-state index in [9.17, 15) is 0 Å². The summed E-state index contributed by atoms with van der Waals surface area (Å²) in [5.74, 6) is 1.32. The summed E-state index contributed by atoms with van der Waals surface area (Å²) < 4.78 is 10.2. The number of hydrogen-bond acceptors (Lipinski definition) is 5. The molecule has 80 valence electrons. The van der Waals surface area contributed by atoms with Gasteiger partial charge >= 0.3 is 0 Å². The number of rotatable bonds is 5. The van der Waals surface area contributed by atoms with Crippen LogP contribution in [0.15, 0.2) is 4.52 Å². The van der Waals surface area contributed by atoms with E-state index in [2.05, 4.69) is 10.1 Å².